The van der Waals surface area contributed by atoms with Gasteiger partial charge in [0, 0.05) is 60.3 Å². The number of hydrogen-bond acceptors (Lipinski definition) is 11. The highest BCUT2D eigenvalue weighted by Crippen LogP contribution is 2.57. The lowest BCUT2D eigenvalue weighted by molar-refractivity contribution is -0.204. The van der Waals surface area contributed by atoms with Crippen molar-refractivity contribution in [2.24, 2.45) is 17.8 Å². The maximum Gasteiger partial charge on any atom is 0.340 e. The molecule has 4 heterocycles. The third-order valence-electron chi connectivity index (χ3n) is 20.4. The van der Waals surface area contributed by atoms with Crippen molar-refractivity contribution >= 4 is 22.9 Å². The Bertz CT molecular complexity index is 3310. The lowest BCUT2D eigenvalue weighted by Crippen LogP contribution is -2.60. The predicted octanol–water partition coefficient (Wildman–Crippen LogP) is 12.0. The van der Waals surface area contributed by atoms with Gasteiger partial charge in [0.15, 0.2) is 17.8 Å². The summed E-state index contributed by atoms with van der Waals surface area (Å²) in [7, 11) is 1.52. The summed E-state index contributed by atoms with van der Waals surface area (Å²) < 4.78 is 33.4. The van der Waals surface area contributed by atoms with Crippen molar-refractivity contribution < 1.29 is 48.3 Å². The Morgan fingerprint density at radius 1 is 0.812 bits per heavy atom. The largest absolute Gasteiger partial charge is 0.481 e. The summed E-state index contributed by atoms with van der Waals surface area (Å²) in [6, 6.07) is 28.9. The smallest absolute Gasteiger partial charge is 0.340 e. The number of benzene rings is 4. The number of esters is 2. The maximum atomic E-state index is 15.7. The van der Waals surface area contributed by atoms with Gasteiger partial charge in [0.05, 0.1) is 31.8 Å². The van der Waals surface area contributed by atoms with Crippen molar-refractivity contribution in [3.63, 3.8) is 0 Å². The SMILES string of the molecule is COC[C@@H](CCO)c1c(CO)c2ccc3c(c2oc1=O)[C@H]1OC(=O)C[C@H]2C[C@@H](c4cccc([C@]56CCCC[C@@H]5CCc5ccccc56)c4)CC[C@@H]2c2ccc4cc2CC#CC[C@@](C2CCCCC2)(O3)[C@H]1OC(=O)/C(=C(/C)CO)CC4. The molecule has 3 aliphatic heterocycles. The van der Waals surface area contributed by atoms with Crippen molar-refractivity contribution in [2.45, 2.75) is 183 Å². The first-order valence-electron chi connectivity index (χ1n) is 30.1. The van der Waals surface area contributed by atoms with Gasteiger partial charge in [0.2, 0.25) is 0 Å². The normalized spacial score (nSPS) is 28.7. The van der Waals surface area contributed by atoms with Crippen LogP contribution in [0.2, 0.25) is 0 Å². The topological polar surface area (TPSA) is 162 Å². The van der Waals surface area contributed by atoms with Crippen LogP contribution in [0.15, 0.2) is 99.2 Å². The number of hydrogen-bond donors (Lipinski definition) is 3. The number of fused-ring (bicyclic) bond motifs is 12. The van der Waals surface area contributed by atoms with Crippen molar-refractivity contribution in [1.29, 1.82) is 0 Å². The number of aliphatic hydroxyl groups excluding tert-OH is 3. The van der Waals surface area contributed by atoms with E-state index in [1.165, 1.54) is 60.6 Å². The molecular formula is C69H78O11. The third-order valence-corrected chi connectivity index (χ3v) is 20.4. The zero-order valence-corrected chi connectivity index (χ0v) is 46.7. The number of methoxy groups -OCH3 is 1. The van der Waals surface area contributed by atoms with Crippen LogP contribution in [0.4, 0.5) is 0 Å². The van der Waals surface area contributed by atoms with Crippen molar-refractivity contribution in [3.8, 4) is 17.6 Å². The number of carbonyl (C=O) groups is 2. The minimum Gasteiger partial charge on any atom is -0.481 e. The van der Waals surface area contributed by atoms with Crippen LogP contribution in [0.25, 0.3) is 11.0 Å². The highest BCUT2D eigenvalue weighted by atomic mass is 16.6. The average Bonchev–Trinajstić information content (AvgIpc) is 3.68. The molecule has 7 aliphatic rings. The molecule has 1 aromatic heterocycles. The second-order valence-corrected chi connectivity index (χ2v) is 24.6. The molecule has 0 radical (unpaired) electrons. The van der Waals surface area contributed by atoms with Crippen LogP contribution in [0.3, 0.4) is 0 Å². The Kier molecular flexibility index (Phi) is 15.7. The molecule has 3 N–H and O–H groups in total. The molecule has 80 heavy (non-hydrogen) atoms. The zero-order valence-electron chi connectivity index (χ0n) is 46.7. The van der Waals surface area contributed by atoms with E-state index >= 15 is 9.59 Å². The second kappa shape index (κ2) is 23.1. The van der Waals surface area contributed by atoms with Gasteiger partial charge in [-0.1, -0.05) is 111 Å². The number of carbonyl (C=O) groups excluding carboxylic acids is 2. The standard InChI is InChI=1S/C69H78O11/c1-42(39-71)53-26-21-43-22-27-54-47(35-43)14-8-11-33-69(51-17-4-3-5-18-51)65(79-66(53)74)64(62-59(80-69)30-29-56-57(40-72)61(67(75)78-63(56)62)48(31-34-70)41-76-2)77-60(73)38-49-36-46(24-28-55(49)54)45-15-12-19-52(37-45)68-32-10-9-16-50(68)25-23-44-13-6-7-20-58(44)68/h6-7,12-13,15,19-20,22,27,29-30,35,37,46,48-51,55,64-65,70-72H,3-5,9-10,14,16-18,21,23-26,28,31-34,36,38-41H2,1-2H3/b53-42-/t46-,48+,49+,50+,55-,64+,65-,68-,69-/m0/s1. The van der Waals surface area contributed by atoms with Crippen LogP contribution in [0, 0.1) is 29.6 Å². The van der Waals surface area contributed by atoms with Gasteiger partial charge < -0.3 is 38.7 Å². The fraction of sp³-hybridized carbons (Fsp3) is 0.522. The van der Waals surface area contributed by atoms with Crippen molar-refractivity contribution in [1.82, 2.24) is 0 Å². The molecule has 0 saturated heterocycles. The number of aryl methyl sites for hydroxylation is 2. The summed E-state index contributed by atoms with van der Waals surface area (Å²) in [5.74, 6) is 6.29. The first-order valence-corrected chi connectivity index (χ1v) is 30.1. The molecule has 0 amide bonds. The van der Waals surface area contributed by atoms with E-state index in [9.17, 15) is 20.1 Å². The molecule has 0 unspecified atom stereocenters. The van der Waals surface area contributed by atoms with Crippen LogP contribution >= 0.6 is 0 Å². The lowest BCUT2D eigenvalue weighted by Gasteiger charge is -2.51. The quantitative estimate of drug-likeness (QED) is 0.0528. The van der Waals surface area contributed by atoms with Crippen LogP contribution in [-0.2, 0) is 55.1 Å². The van der Waals surface area contributed by atoms with E-state index in [1.54, 1.807) is 19.1 Å². The van der Waals surface area contributed by atoms with Gasteiger partial charge in [-0.05, 0) is 170 Å². The van der Waals surface area contributed by atoms with Crippen molar-refractivity contribution in [2.75, 3.05) is 26.9 Å². The number of rotatable bonds is 10. The highest BCUT2D eigenvalue weighted by molar-refractivity contribution is 5.90. The van der Waals surface area contributed by atoms with E-state index in [0.29, 0.717) is 46.6 Å². The molecular weight excluding hydrogens is 1000 g/mol. The van der Waals surface area contributed by atoms with E-state index in [4.69, 9.17) is 23.4 Å². The zero-order chi connectivity index (χ0) is 55.1. The van der Waals surface area contributed by atoms with Gasteiger partial charge in [-0.2, -0.15) is 0 Å². The van der Waals surface area contributed by atoms with Gasteiger partial charge in [0.25, 0.3) is 0 Å². The summed E-state index contributed by atoms with van der Waals surface area (Å²) >= 11 is 0. The Hall–Kier alpha value is -6.03. The minimum atomic E-state index is -1.34. The molecule has 12 rings (SSSR count). The Balaban J connectivity index is 1.02. The fourth-order valence-corrected chi connectivity index (χ4v) is 16.5. The van der Waals surface area contributed by atoms with Gasteiger partial charge in [-0.15, -0.1) is 0 Å². The number of ether oxygens (including phenoxy) is 4. The fourth-order valence-electron chi connectivity index (χ4n) is 16.5. The van der Waals surface area contributed by atoms with E-state index < -0.39 is 47.9 Å². The molecule has 3 fully saturated rings. The molecule has 4 aliphatic carbocycles. The Labute approximate surface area is 470 Å². The van der Waals surface area contributed by atoms with Crippen LogP contribution in [-0.4, -0.2) is 65.9 Å². The van der Waals surface area contributed by atoms with Crippen LogP contribution in [0.1, 0.15) is 196 Å². The highest BCUT2D eigenvalue weighted by Gasteiger charge is 2.59. The van der Waals surface area contributed by atoms with Crippen LogP contribution in [0.5, 0.6) is 5.75 Å². The van der Waals surface area contributed by atoms with Crippen molar-refractivity contribution in [3.05, 3.63) is 156 Å². The Morgan fingerprint density at radius 2 is 1.65 bits per heavy atom. The average molecular weight is 1080 g/mol. The monoisotopic (exact) mass is 1080 g/mol. The van der Waals surface area contributed by atoms with Gasteiger partial charge in [-0.3, -0.25) is 4.79 Å². The predicted molar refractivity (Wildman–Crippen MR) is 305 cm³/mol. The van der Waals surface area contributed by atoms with E-state index in [0.717, 1.165) is 75.3 Å². The molecule has 9 atom stereocenters. The second-order valence-electron chi connectivity index (χ2n) is 24.6. The molecule has 11 nitrogen and oxygen atoms in total. The Morgan fingerprint density at radius 3 is 2.48 bits per heavy atom. The summed E-state index contributed by atoms with van der Waals surface area (Å²) in [5, 5.41) is 32.4. The lowest BCUT2D eigenvalue weighted by atomic mass is 9.54. The molecule has 4 aromatic carbocycles. The number of aliphatic hydroxyl groups is 3. The molecule has 5 aromatic rings. The maximum absolute atomic E-state index is 15.7. The van der Waals surface area contributed by atoms with Gasteiger partial charge in [0.1, 0.15) is 11.3 Å². The third kappa shape index (κ3) is 9.73. The molecule has 5 bridgehead atoms. The van der Waals surface area contributed by atoms with Gasteiger partial charge in [-0.25, -0.2) is 9.59 Å². The summed E-state index contributed by atoms with van der Waals surface area (Å²) in [4.78, 5) is 45.6. The first-order chi connectivity index (χ1) is 39.1. The van der Waals surface area contributed by atoms with Crippen LogP contribution < -0.4 is 10.4 Å². The summed E-state index contributed by atoms with van der Waals surface area (Å²) in [6.45, 7) is 0.721. The minimum absolute atomic E-state index is 0.0163. The molecule has 0 spiro atoms. The first kappa shape index (κ1) is 54.6. The van der Waals surface area contributed by atoms with E-state index in [1.807, 2.05) is 0 Å². The van der Waals surface area contributed by atoms with Gasteiger partial charge >= 0.3 is 17.6 Å². The molecule has 420 valence electrons. The summed E-state index contributed by atoms with van der Waals surface area (Å²) in [6.07, 6.45) is 13.2. The van der Waals surface area contributed by atoms with E-state index in [-0.39, 0.29) is 91.3 Å². The van der Waals surface area contributed by atoms with E-state index in [2.05, 4.69) is 78.6 Å². The molecule has 11 heteroatoms. The summed E-state index contributed by atoms with van der Waals surface area (Å²) in [5.41, 5.74) is 8.61. The molecule has 3 saturated carbocycles.